The first-order valence-corrected chi connectivity index (χ1v) is 13.1. The van der Waals surface area contributed by atoms with Gasteiger partial charge in [0.15, 0.2) is 64.0 Å². The van der Waals surface area contributed by atoms with E-state index in [1.165, 1.54) is 0 Å². The van der Waals surface area contributed by atoms with Crippen LogP contribution in [-0.2, 0) is 12.4 Å². The molecular formula is C31H2F17N5. The zero-order valence-corrected chi connectivity index (χ0v) is 24.3. The lowest BCUT2D eigenvalue weighted by molar-refractivity contribution is -0.150. The molecule has 4 rings (SSSR count). The van der Waals surface area contributed by atoms with Crippen LogP contribution in [0.3, 0.4) is 0 Å². The van der Waals surface area contributed by atoms with Gasteiger partial charge in [-0.25, -0.2) is 48.3 Å². The zero-order valence-electron chi connectivity index (χ0n) is 24.3. The van der Waals surface area contributed by atoms with Gasteiger partial charge in [-0.15, -0.1) is 0 Å². The molecule has 3 aromatic carbocycles. The van der Waals surface area contributed by atoms with Crippen LogP contribution in [0.4, 0.5) is 74.6 Å². The third kappa shape index (κ3) is 5.80. The molecule has 5 nitrogen and oxygen atoms in total. The van der Waals surface area contributed by atoms with E-state index in [1.807, 2.05) is 0 Å². The summed E-state index contributed by atoms with van der Waals surface area (Å²) < 4.78 is 246. The van der Waals surface area contributed by atoms with Gasteiger partial charge < -0.3 is 0 Å². The molecule has 0 N–H and O–H groups in total. The summed E-state index contributed by atoms with van der Waals surface area (Å²) in [4.78, 5) is 0. The van der Waals surface area contributed by atoms with Gasteiger partial charge in [0.05, 0.1) is 34.4 Å². The topological polar surface area (TPSA) is 119 Å². The Bertz CT molecular complexity index is 2400. The van der Waals surface area contributed by atoms with Crippen LogP contribution in [-0.4, -0.2) is 0 Å². The fraction of sp³-hybridized carbons (Fsp3) is 0.129. The molecule has 0 heterocycles. The van der Waals surface area contributed by atoms with Crippen molar-refractivity contribution < 1.29 is 74.6 Å². The van der Waals surface area contributed by atoms with Gasteiger partial charge in [-0.3, -0.25) is 0 Å². The highest BCUT2D eigenvalue weighted by molar-refractivity contribution is 5.95. The number of alkyl halides is 6. The fourth-order valence-corrected chi connectivity index (χ4v) is 5.29. The van der Waals surface area contributed by atoms with Crippen LogP contribution in [0, 0.1) is 121 Å². The number of hydrogen-bond donors (Lipinski definition) is 0. The number of allylic oxidation sites excluding steroid dienone is 4. The third-order valence-corrected chi connectivity index (χ3v) is 7.50. The fourth-order valence-electron chi connectivity index (χ4n) is 5.29. The summed E-state index contributed by atoms with van der Waals surface area (Å²) >= 11 is 0. The molecule has 53 heavy (non-hydrogen) atoms. The van der Waals surface area contributed by atoms with Crippen LogP contribution >= 0.6 is 0 Å². The van der Waals surface area contributed by atoms with E-state index >= 15 is 22.0 Å². The third-order valence-electron chi connectivity index (χ3n) is 7.50. The minimum absolute atomic E-state index is 0.672. The molecule has 0 amide bonds. The van der Waals surface area contributed by atoms with Crippen LogP contribution in [0.25, 0.3) is 5.57 Å². The largest absolute Gasteiger partial charge is 0.422 e. The second-order valence-electron chi connectivity index (χ2n) is 10.2. The van der Waals surface area contributed by atoms with E-state index in [9.17, 15) is 68.5 Å². The van der Waals surface area contributed by atoms with Crippen molar-refractivity contribution in [2.24, 2.45) is 0 Å². The first-order chi connectivity index (χ1) is 24.5. The van der Waals surface area contributed by atoms with E-state index in [0.29, 0.717) is 18.2 Å². The van der Waals surface area contributed by atoms with Gasteiger partial charge in [0.25, 0.3) is 0 Å². The first-order valence-electron chi connectivity index (χ1n) is 13.1. The van der Waals surface area contributed by atoms with E-state index in [2.05, 4.69) is 0 Å². The Hall–Kier alpha value is -6.60. The lowest BCUT2D eigenvalue weighted by atomic mass is 9.88. The van der Waals surface area contributed by atoms with Gasteiger partial charge in [0.2, 0.25) is 0 Å². The summed E-state index contributed by atoms with van der Waals surface area (Å²) in [5.74, 6) is -38.3. The number of halogens is 17. The maximum absolute atomic E-state index is 15.3. The SMILES string of the molecule is N#C/C(=C1C(C(C#N)c2c(F)c(F)c(C#N)c(F)c2F)=C\1C(C#N)c1c(F)c(F)c(C(F)(F)F)c(F)c1C(F)(F)F)c1c(F)c(F)c(C#N)c(F)c1F. The number of hydrogen-bond acceptors (Lipinski definition) is 5. The van der Waals surface area contributed by atoms with E-state index in [-0.39, 0.29) is 0 Å². The Morgan fingerprint density at radius 3 is 1.13 bits per heavy atom. The first kappa shape index (κ1) is 39.2. The molecule has 0 bridgehead atoms. The summed E-state index contributed by atoms with van der Waals surface area (Å²) in [6.45, 7) is 0. The van der Waals surface area contributed by atoms with Crippen molar-refractivity contribution in [3.05, 3.63) is 120 Å². The molecule has 1 aliphatic rings. The van der Waals surface area contributed by atoms with Crippen LogP contribution < -0.4 is 0 Å². The molecule has 0 saturated heterocycles. The molecule has 0 radical (unpaired) electrons. The predicted octanol–water partition coefficient (Wildman–Crippen LogP) is 9.20. The maximum Gasteiger partial charge on any atom is 0.422 e. The van der Waals surface area contributed by atoms with Gasteiger partial charge in [-0.2, -0.15) is 52.7 Å². The Labute approximate surface area is 281 Å². The summed E-state index contributed by atoms with van der Waals surface area (Å²) in [6, 6.07) is 3.68. The van der Waals surface area contributed by atoms with Crippen molar-refractivity contribution >= 4 is 5.57 Å². The zero-order chi connectivity index (χ0) is 40.4. The van der Waals surface area contributed by atoms with Gasteiger partial charge in [-0.1, -0.05) is 0 Å². The monoisotopic (exact) mass is 767 g/mol. The lowest BCUT2D eigenvalue weighted by Gasteiger charge is -2.21. The Morgan fingerprint density at radius 1 is 0.434 bits per heavy atom. The van der Waals surface area contributed by atoms with Crippen LogP contribution in [0.15, 0.2) is 16.7 Å². The van der Waals surface area contributed by atoms with Crippen molar-refractivity contribution in [1.29, 1.82) is 26.3 Å². The van der Waals surface area contributed by atoms with Gasteiger partial charge in [0.1, 0.15) is 46.7 Å². The highest BCUT2D eigenvalue weighted by atomic mass is 19.4. The Morgan fingerprint density at radius 2 is 0.792 bits per heavy atom. The molecule has 0 aliphatic heterocycles. The quantitative estimate of drug-likeness (QED) is 0.146. The minimum Gasteiger partial charge on any atom is -0.206 e. The average Bonchev–Trinajstić information content (AvgIpc) is 3.78. The second-order valence-corrected chi connectivity index (χ2v) is 10.2. The normalized spacial score (nSPS) is 14.8. The molecular weight excluding hydrogens is 765 g/mol. The van der Waals surface area contributed by atoms with Gasteiger partial charge >= 0.3 is 12.4 Å². The molecule has 2 unspecified atom stereocenters. The minimum atomic E-state index is -6.54. The molecule has 270 valence electrons. The van der Waals surface area contributed by atoms with E-state index < -0.39 is 149 Å². The summed E-state index contributed by atoms with van der Waals surface area (Å²) in [6.07, 6.45) is -13.0. The van der Waals surface area contributed by atoms with Crippen molar-refractivity contribution in [2.75, 3.05) is 0 Å². The molecule has 2 atom stereocenters. The molecule has 0 spiro atoms. The molecule has 22 heteroatoms. The van der Waals surface area contributed by atoms with Crippen molar-refractivity contribution in [3.8, 4) is 30.3 Å². The molecule has 0 aromatic heterocycles. The second kappa shape index (κ2) is 13.2. The van der Waals surface area contributed by atoms with Crippen LogP contribution in [0.2, 0.25) is 0 Å². The van der Waals surface area contributed by atoms with E-state index in [0.717, 1.165) is 12.1 Å². The lowest BCUT2D eigenvalue weighted by Crippen LogP contribution is -2.23. The van der Waals surface area contributed by atoms with Crippen LogP contribution in [0.5, 0.6) is 0 Å². The summed E-state index contributed by atoms with van der Waals surface area (Å²) in [7, 11) is 0. The summed E-state index contributed by atoms with van der Waals surface area (Å²) in [5.41, 5.74) is -25.4. The molecule has 1 aliphatic carbocycles. The highest BCUT2D eigenvalue weighted by Crippen LogP contribution is 2.59. The Balaban J connectivity index is 2.30. The highest BCUT2D eigenvalue weighted by Gasteiger charge is 2.54. The van der Waals surface area contributed by atoms with Gasteiger partial charge in [0, 0.05) is 11.1 Å². The van der Waals surface area contributed by atoms with Crippen molar-refractivity contribution in [3.63, 3.8) is 0 Å². The number of nitrogens with zero attached hydrogens (tertiary/aromatic N) is 5. The molecule has 3 aromatic rings. The van der Waals surface area contributed by atoms with Crippen molar-refractivity contribution in [1.82, 2.24) is 0 Å². The molecule has 0 fully saturated rings. The average molecular weight is 767 g/mol. The predicted molar refractivity (Wildman–Crippen MR) is 135 cm³/mol. The standard InChI is InChI=1S/C31H2F17N5/c32-19-9(4-52)20(33)25(38)15(24(19)37)7(2-50)12-11(13(12)8(3-51)16-26(39)21(34)10(5-53)22(35)27(16)40)6(1-49)14-17(30(43,44)45)28(41)18(31(46,47)48)29(42)23(14)36/h6-7H/b13-8+. The maximum atomic E-state index is 15.3. The van der Waals surface area contributed by atoms with E-state index in [1.54, 1.807) is 0 Å². The van der Waals surface area contributed by atoms with Crippen molar-refractivity contribution in [2.45, 2.75) is 24.2 Å². The van der Waals surface area contributed by atoms with Gasteiger partial charge in [-0.05, 0) is 11.1 Å². The number of nitriles is 5. The molecule has 0 saturated carbocycles. The smallest absolute Gasteiger partial charge is 0.206 e. The number of rotatable bonds is 5. The Kier molecular flexibility index (Phi) is 9.75. The summed E-state index contributed by atoms with van der Waals surface area (Å²) in [5, 5.41) is 47.2. The van der Waals surface area contributed by atoms with Crippen LogP contribution in [0.1, 0.15) is 50.8 Å². The van der Waals surface area contributed by atoms with E-state index in [4.69, 9.17) is 10.5 Å². The number of benzene rings is 3.